The van der Waals surface area contributed by atoms with Gasteiger partial charge in [0.05, 0.1) is 12.0 Å². The van der Waals surface area contributed by atoms with Gasteiger partial charge in [-0.15, -0.1) is 11.3 Å². The van der Waals surface area contributed by atoms with E-state index in [0.29, 0.717) is 4.88 Å². The molecule has 0 saturated carbocycles. The number of Topliss-reactive ketones (excluding diaryl/α,β-unsaturated/α-hetero) is 1. The molecule has 0 aliphatic heterocycles. The minimum Gasteiger partial charge on any atom is -0.497 e. The normalized spacial score (nSPS) is 11.2. The van der Waals surface area contributed by atoms with Crippen LogP contribution in [0.1, 0.15) is 9.67 Å². The van der Waals surface area contributed by atoms with E-state index in [-0.39, 0.29) is 0 Å². The van der Waals surface area contributed by atoms with E-state index in [1.54, 1.807) is 13.2 Å². The summed E-state index contributed by atoms with van der Waals surface area (Å²) in [5.41, 5.74) is 11.9. The number of hydrogen-bond acceptors (Lipinski definition) is 7. The van der Waals surface area contributed by atoms with Gasteiger partial charge in [-0.1, -0.05) is 24.3 Å². The number of thiophene rings is 1. The number of ketones is 1. The fourth-order valence-electron chi connectivity index (χ4n) is 2.58. The topological polar surface area (TPSA) is 134 Å². The van der Waals surface area contributed by atoms with E-state index in [1.807, 2.05) is 42.5 Å². The predicted molar refractivity (Wildman–Crippen MR) is 109 cm³/mol. The van der Waals surface area contributed by atoms with E-state index in [0.717, 1.165) is 27.0 Å². The smallest absolute Gasteiger partial charge is 0.336 e. The highest BCUT2D eigenvalue weighted by Gasteiger charge is 2.22. The van der Waals surface area contributed by atoms with Crippen LogP contribution >= 0.6 is 11.3 Å². The summed E-state index contributed by atoms with van der Waals surface area (Å²) >= 11 is 1.21. The number of nitrogens with two attached hydrogens (primary N) is 2. The molecule has 0 spiro atoms. The van der Waals surface area contributed by atoms with Crippen molar-refractivity contribution in [1.29, 1.82) is 0 Å². The van der Waals surface area contributed by atoms with Crippen LogP contribution in [0.4, 0.5) is 0 Å². The van der Waals surface area contributed by atoms with Crippen molar-refractivity contribution in [2.45, 2.75) is 0 Å². The second-order valence-electron chi connectivity index (χ2n) is 5.77. The van der Waals surface area contributed by atoms with Crippen LogP contribution in [0.2, 0.25) is 0 Å². The Balaban J connectivity index is 1.92. The first kappa shape index (κ1) is 19.6. The number of hydrogen-bond donors (Lipinski definition) is 2. The lowest BCUT2D eigenvalue weighted by Gasteiger charge is -2.05. The molecule has 10 heteroatoms. The standard InChI is InChI=1S/C18H17N3O5S2/c1-25-12-7-5-11(6-8-12)13-3-2-4-16-14(13)9-17(27-16)15(22)10-28(23,24)26-21-18(19)20/h2-9H,10H2,1H3,(H4,19,20,21). The largest absolute Gasteiger partial charge is 0.497 e. The molecule has 4 N–H and O–H groups in total. The average Bonchev–Trinajstić information content (AvgIpc) is 3.11. The molecule has 0 saturated heterocycles. The number of fused-ring (bicyclic) bond motifs is 1. The van der Waals surface area contributed by atoms with Crippen molar-refractivity contribution >= 4 is 43.3 Å². The third-order valence-corrected chi connectivity index (χ3v) is 5.86. The minimum atomic E-state index is -4.24. The molecule has 2 aromatic carbocycles. The molecule has 146 valence electrons. The SMILES string of the molecule is COc1ccc(-c2cccc3sc(C(=O)CS(=O)(=O)ON=C(N)N)cc23)cc1. The Morgan fingerprint density at radius 1 is 1.14 bits per heavy atom. The molecule has 1 heterocycles. The zero-order chi connectivity index (χ0) is 20.3. The maximum atomic E-state index is 12.4. The van der Waals surface area contributed by atoms with Crippen LogP contribution in [0.25, 0.3) is 21.2 Å². The summed E-state index contributed by atoms with van der Waals surface area (Å²) in [6.07, 6.45) is 0. The van der Waals surface area contributed by atoms with Gasteiger partial charge in [-0.25, -0.2) is 0 Å². The fraction of sp³-hybridized carbons (Fsp3) is 0.111. The molecule has 0 bridgehead atoms. The van der Waals surface area contributed by atoms with E-state index < -0.39 is 27.6 Å². The van der Waals surface area contributed by atoms with Crippen molar-refractivity contribution in [3.05, 3.63) is 53.4 Å². The molecule has 0 atom stereocenters. The number of carbonyl (C=O) groups excluding carboxylic acids is 1. The van der Waals surface area contributed by atoms with Gasteiger partial charge in [-0.3, -0.25) is 9.08 Å². The lowest BCUT2D eigenvalue weighted by molar-refractivity contribution is 0.102. The van der Waals surface area contributed by atoms with E-state index in [4.69, 9.17) is 16.2 Å². The van der Waals surface area contributed by atoms with E-state index in [2.05, 4.69) is 9.44 Å². The van der Waals surface area contributed by atoms with Crippen molar-refractivity contribution in [2.24, 2.45) is 16.6 Å². The van der Waals surface area contributed by atoms with Crippen molar-refractivity contribution in [2.75, 3.05) is 12.9 Å². The average molecular weight is 419 g/mol. The van der Waals surface area contributed by atoms with Crippen LogP contribution in [-0.4, -0.2) is 33.0 Å². The quantitative estimate of drug-likeness (QED) is 0.260. The molecule has 0 aliphatic rings. The lowest BCUT2D eigenvalue weighted by atomic mass is 10.0. The summed E-state index contributed by atoms with van der Waals surface area (Å²) in [4.78, 5) is 12.7. The van der Waals surface area contributed by atoms with Gasteiger partial charge in [-0.2, -0.15) is 8.42 Å². The summed E-state index contributed by atoms with van der Waals surface area (Å²) in [7, 11) is -2.64. The third-order valence-electron chi connectivity index (χ3n) is 3.80. The zero-order valence-corrected chi connectivity index (χ0v) is 16.4. The molecule has 1 aromatic heterocycles. The van der Waals surface area contributed by atoms with E-state index >= 15 is 0 Å². The molecule has 0 unspecified atom stereocenters. The highest BCUT2D eigenvalue weighted by atomic mass is 32.2. The molecule has 3 aromatic rings. The number of methoxy groups -OCH3 is 1. The van der Waals surface area contributed by atoms with Gasteiger partial charge < -0.3 is 16.2 Å². The van der Waals surface area contributed by atoms with Gasteiger partial charge in [0, 0.05) is 10.1 Å². The Bertz CT molecular complexity index is 1150. The first-order chi connectivity index (χ1) is 13.3. The highest BCUT2D eigenvalue weighted by molar-refractivity contribution is 7.87. The summed E-state index contributed by atoms with van der Waals surface area (Å²) in [5.74, 6) is -1.29. The second-order valence-corrected chi connectivity index (χ2v) is 8.41. The fourth-order valence-corrected chi connectivity index (χ4v) is 4.42. The molecule has 28 heavy (non-hydrogen) atoms. The second kappa shape index (κ2) is 7.87. The molecular weight excluding hydrogens is 402 g/mol. The lowest BCUT2D eigenvalue weighted by Crippen LogP contribution is -2.24. The van der Waals surface area contributed by atoms with Gasteiger partial charge in [-0.05, 0) is 40.5 Å². The molecule has 0 aliphatic carbocycles. The van der Waals surface area contributed by atoms with Gasteiger partial charge in [0.15, 0.2) is 11.5 Å². The third kappa shape index (κ3) is 4.41. The zero-order valence-electron chi connectivity index (χ0n) is 14.8. The van der Waals surface area contributed by atoms with Crippen molar-refractivity contribution < 1.29 is 22.2 Å². The molecule has 0 amide bonds. The Morgan fingerprint density at radius 2 is 1.86 bits per heavy atom. The maximum Gasteiger partial charge on any atom is 0.336 e. The van der Waals surface area contributed by atoms with Crippen molar-refractivity contribution in [3.63, 3.8) is 0 Å². The number of carbonyl (C=O) groups is 1. The van der Waals surface area contributed by atoms with Crippen LogP contribution in [0, 0.1) is 0 Å². The van der Waals surface area contributed by atoms with Gasteiger partial charge >= 0.3 is 10.1 Å². The van der Waals surface area contributed by atoms with Crippen LogP contribution in [0.5, 0.6) is 5.75 Å². The number of benzene rings is 2. The van der Waals surface area contributed by atoms with E-state index in [9.17, 15) is 13.2 Å². The Labute approximate surface area is 165 Å². The number of nitrogens with zero attached hydrogens (tertiary/aromatic N) is 1. The highest BCUT2D eigenvalue weighted by Crippen LogP contribution is 2.35. The van der Waals surface area contributed by atoms with Crippen LogP contribution in [0.3, 0.4) is 0 Å². The Kier molecular flexibility index (Phi) is 5.52. The van der Waals surface area contributed by atoms with Crippen LogP contribution < -0.4 is 16.2 Å². The summed E-state index contributed by atoms with van der Waals surface area (Å²) < 4.78 is 33.9. The predicted octanol–water partition coefficient (Wildman–Crippen LogP) is 2.29. The number of rotatable bonds is 7. The first-order valence-electron chi connectivity index (χ1n) is 7.99. The molecule has 0 fully saturated rings. The van der Waals surface area contributed by atoms with Gasteiger partial charge in [0.1, 0.15) is 5.75 Å². The van der Waals surface area contributed by atoms with Crippen LogP contribution in [-0.2, 0) is 14.4 Å². The molecular formula is C18H17N3O5S2. The molecule has 8 nitrogen and oxygen atoms in total. The minimum absolute atomic E-state index is 0.299. The number of oxime groups is 1. The van der Waals surface area contributed by atoms with E-state index in [1.165, 1.54) is 11.3 Å². The van der Waals surface area contributed by atoms with Gasteiger partial charge in [0.2, 0.25) is 5.96 Å². The molecule has 0 radical (unpaired) electrons. The van der Waals surface area contributed by atoms with Gasteiger partial charge in [0.25, 0.3) is 0 Å². The monoisotopic (exact) mass is 419 g/mol. The van der Waals surface area contributed by atoms with Crippen molar-refractivity contribution in [3.8, 4) is 16.9 Å². The summed E-state index contributed by atoms with van der Waals surface area (Å²) in [6.45, 7) is 0. The Morgan fingerprint density at radius 3 is 2.50 bits per heavy atom. The molecule has 3 rings (SSSR count). The summed E-state index contributed by atoms with van der Waals surface area (Å²) in [5, 5.41) is 3.83. The number of ether oxygens (including phenoxy) is 1. The van der Waals surface area contributed by atoms with Crippen LogP contribution in [0.15, 0.2) is 53.7 Å². The summed E-state index contributed by atoms with van der Waals surface area (Å²) in [6, 6.07) is 14.9. The van der Waals surface area contributed by atoms with Crippen molar-refractivity contribution in [1.82, 2.24) is 0 Å². The Hall–Kier alpha value is -3.11. The number of guanidine groups is 1. The maximum absolute atomic E-state index is 12.4. The first-order valence-corrected chi connectivity index (χ1v) is 10.4.